The lowest BCUT2D eigenvalue weighted by atomic mass is 9.77. The Balaban J connectivity index is 1.52. The Morgan fingerprint density at radius 3 is 2.70 bits per heavy atom. The molecule has 3 rings (SSSR count). The number of benzene rings is 1. The maximum atomic E-state index is 12.7. The van der Waals surface area contributed by atoms with Gasteiger partial charge in [-0.1, -0.05) is 5.16 Å². The minimum absolute atomic E-state index is 0.285. The van der Waals surface area contributed by atoms with Crippen LogP contribution in [0.25, 0.3) is 0 Å². The van der Waals surface area contributed by atoms with Crippen molar-refractivity contribution < 1.29 is 13.7 Å². The van der Waals surface area contributed by atoms with Crippen LogP contribution in [0.5, 0.6) is 5.75 Å². The van der Waals surface area contributed by atoms with Gasteiger partial charge in [0.2, 0.25) is 5.89 Å². The minimum Gasteiger partial charge on any atom is -0.493 e. The molecule has 1 aliphatic carbocycles. The summed E-state index contributed by atoms with van der Waals surface area (Å²) in [6, 6.07) is 5.87. The molecular weight excluding hydrogens is 261 g/mol. The van der Waals surface area contributed by atoms with E-state index in [1.165, 1.54) is 12.1 Å². The fourth-order valence-corrected chi connectivity index (χ4v) is 2.13. The smallest absolute Gasteiger partial charge is 0.230 e. The van der Waals surface area contributed by atoms with Gasteiger partial charge in [0.25, 0.3) is 0 Å². The molecule has 0 aliphatic heterocycles. The summed E-state index contributed by atoms with van der Waals surface area (Å²) in [6.45, 7) is 0.394. The van der Waals surface area contributed by atoms with E-state index in [1.54, 1.807) is 12.1 Å². The number of ether oxygens (including phenoxy) is 1. The normalized spacial score (nSPS) is 16.7. The molecule has 0 radical (unpaired) electrons. The Labute approximate surface area is 115 Å². The molecule has 2 N–H and O–H groups in total. The molecule has 0 saturated heterocycles. The maximum Gasteiger partial charge on any atom is 0.230 e. The van der Waals surface area contributed by atoms with Crippen LogP contribution < -0.4 is 10.5 Å². The number of halogens is 1. The zero-order chi connectivity index (χ0) is 14.0. The molecule has 6 heteroatoms. The van der Waals surface area contributed by atoms with Crippen LogP contribution in [0.15, 0.2) is 28.8 Å². The summed E-state index contributed by atoms with van der Waals surface area (Å²) in [5.41, 5.74) is 5.72. The zero-order valence-electron chi connectivity index (χ0n) is 11.0. The summed E-state index contributed by atoms with van der Waals surface area (Å²) >= 11 is 0. The van der Waals surface area contributed by atoms with E-state index in [0.717, 1.165) is 19.3 Å². The van der Waals surface area contributed by atoms with Crippen molar-refractivity contribution in [3.63, 3.8) is 0 Å². The largest absolute Gasteiger partial charge is 0.493 e. The molecule has 106 valence electrons. The molecule has 0 bridgehead atoms. The van der Waals surface area contributed by atoms with Crippen molar-refractivity contribution in [3.05, 3.63) is 41.8 Å². The Kier molecular flexibility index (Phi) is 3.40. The van der Waals surface area contributed by atoms with E-state index >= 15 is 0 Å². The number of nitrogens with zero attached hydrogens (tertiary/aromatic N) is 2. The molecule has 0 atom stereocenters. The third-order valence-corrected chi connectivity index (χ3v) is 3.56. The quantitative estimate of drug-likeness (QED) is 0.906. The first-order valence-electron chi connectivity index (χ1n) is 6.66. The molecule has 0 amide bonds. The Bertz CT molecular complexity index is 578. The van der Waals surface area contributed by atoms with Gasteiger partial charge in [-0.15, -0.1) is 0 Å². The summed E-state index contributed by atoms with van der Waals surface area (Å²) in [5.74, 6) is 1.42. The Morgan fingerprint density at radius 2 is 2.05 bits per heavy atom. The lowest BCUT2D eigenvalue weighted by Crippen LogP contribution is -2.44. The number of aromatic nitrogens is 2. The van der Waals surface area contributed by atoms with Crippen LogP contribution in [0.3, 0.4) is 0 Å². The topological polar surface area (TPSA) is 74.2 Å². The SMILES string of the molecule is NC1(c2noc(CCOc3ccc(F)cc3)n2)CCC1. The monoisotopic (exact) mass is 277 g/mol. The molecule has 2 aromatic rings. The number of rotatable bonds is 5. The lowest BCUT2D eigenvalue weighted by Gasteiger charge is -2.34. The van der Waals surface area contributed by atoms with E-state index in [-0.39, 0.29) is 5.82 Å². The third-order valence-electron chi connectivity index (χ3n) is 3.56. The first-order valence-corrected chi connectivity index (χ1v) is 6.66. The summed E-state index contributed by atoms with van der Waals surface area (Å²) in [4.78, 5) is 4.31. The van der Waals surface area contributed by atoms with Gasteiger partial charge >= 0.3 is 0 Å². The van der Waals surface area contributed by atoms with Gasteiger partial charge in [-0.05, 0) is 43.5 Å². The molecule has 1 aliphatic rings. The lowest BCUT2D eigenvalue weighted by molar-refractivity contribution is 0.228. The van der Waals surface area contributed by atoms with Gasteiger partial charge < -0.3 is 15.0 Å². The Morgan fingerprint density at radius 1 is 1.30 bits per heavy atom. The minimum atomic E-state index is -0.403. The average molecular weight is 277 g/mol. The van der Waals surface area contributed by atoms with Gasteiger partial charge in [-0.3, -0.25) is 0 Å². The van der Waals surface area contributed by atoms with Gasteiger partial charge in [0.1, 0.15) is 11.6 Å². The van der Waals surface area contributed by atoms with Gasteiger partial charge in [-0.25, -0.2) is 4.39 Å². The van der Waals surface area contributed by atoms with Gasteiger partial charge in [0.15, 0.2) is 5.82 Å². The molecule has 5 nitrogen and oxygen atoms in total. The molecule has 0 unspecified atom stereocenters. The van der Waals surface area contributed by atoms with Gasteiger partial charge in [0, 0.05) is 0 Å². The predicted octanol–water partition coefficient (Wildman–Crippen LogP) is 2.17. The fraction of sp³-hybridized carbons (Fsp3) is 0.429. The van der Waals surface area contributed by atoms with Crippen LogP contribution in [0, 0.1) is 5.82 Å². The first-order chi connectivity index (χ1) is 9.66. The third kappa shape index (κ3) is 2.65. The van der Waals surface area contributed by atoms with Crippen LogP contribution in [0.1, 0.15) is 31.0 Å². The first kappa shape index (κ1) is 13.1. The number of hydrogen-bond acceptors (Lipinski definition) is 5. The van der Waals surface area contributed by atoms with Crippen LogP contribution in [0.4, 0.5) is 4.39 Å². The van der Waals surface area contributed by atoms with E-state index in [4.69, 9.17) is 15.0 Å². The van der Waals surface area contributed by atoms with E-state index in [9.17, 15) is 4.39 Å². The summed E-state index contributed by atoms with van der Waals surface area (Å²) in [5, 5.41) is 3.93. The molecule has 20 heavy (non-hydrogen) atoms. The average Bonchev–Trinajstić information content (AvgIpc) is 2.87. The highest BCUT2D eigenvalue weighted by Crippen LogP contribution is 2.36. The molecule has 1 fully saturated rings. The molecule has 1 heterocycles. The second-order valence-electron chi connectivity index (χ2n) is 5.07. The van der Waals surface area contributed by atoms with Crippen molar-refractivity contribution in [2.75, 3.05) is 6.61 Å². The van der Waals surface area contributed by atoms with E-state index < -0.39 is 5.54 Å². The highest BCUT2D eigenvalue weighted by Gasteiger charge is 2.38. The zero-order valence-corrected chi connectivity index (χ0v) is 11.0. The van der Waals surface area contributed by atoms with E-state index in [2.05, 4.69) is 10.1 Å². The van der Waals surface area contributed by atoms with Crippen molar-refractivity contribution in [1.29, 1.82) is 0 Å². The number of hydrogen-bond donors (Lipinski definition) is 1. The molecule has 1 aromatic carbocycles. The summed E-state index contributed by atoms with van der Waals surface area (Å²) < 4.78 is 23.4. The van der Waals surface area contributed by atoms with Crippen molar-refractivity contribution in [2.45, 2.75) is 31.2 Å². The summed E-state index contributed by atoms with van der Waals surface area (Å²) in [6.07, 6.45) is 3.41. The Hall–Kier alpha value is -1.95. The summed E-state index contributed by atoms with van der Waals surface area (Å²) in [7, 11) is 0. The highest BCUT2D eigenvalue weighted by molar-refractivity contribution is 5.22. The van der Waals surface area contributed by atoms with Crippen LogP contribution in [-0.4, -0.2) is 16.7 Å². The van der Waals surface area contributed by atoms with E-state index in [1.807, 2.05) is 0 Å². The van der Waals surface area contributed by atoms with Gasteiger partial charge in [0.05, 0.1) is 18.6 Å². The second-order valence-corrected chi connectivity index (χ2v) is 5.07. The maximum absolute atomic E-state index is 12.7. The highest BCUT2D eigenvalue weighted by atomic mass is 19.1. The van der Waals surface area contributed by atoms with E-state index in [0.29, 0.717) is 30.5 Å². The van der Waals surface area contributed by atoms with Crippen LogP contribution in [0.2, 0.25) is 0 Å². The van der Waals surface area contributed by atoms with Crippen LogP contribution >= 0.6 is 0 Å². The molecular formula is C14H16FN3O2. The van der Waals surface area contributed by atoms with Crippen molar-refractivity contribution in [2.24, 2.45) is 5.73 Å². The molecule has 1 aromatic heterocycles. The fourth-order valence-electron chi connectivity index (χ4n) is 2.13. The van der Waals surface area contributed by atoms with Gasteiger partial charge in [-0.2, -0.15) is 4.98 Å². The van der Waals surface area contributed by atoms with Crippen molar-refractivity contribution >= 4 is 0 Å². The van der Waals surface area contributed by atoms with Crippen LogP contribution in [-0.2, 0) is 12.0 Å². The predicted molar refractivity (Wildman–Crippen MR) is 69.6 cm³/mol. The van der Waals surface area contributed by atoms with Crippen molar-refractivity contribution in [1.82, 2.24) is 10.1 Å². The molecule has 0 spiro atoms. The standard InChI is InChI=1S/C14H16FN3O2/c15-10-2-4-11(5-3-10)19-9-6-12-17-13(18-20-12)14(16)7-1-8-14/h2-5H,1,6-9,16H2. The molecule has 1 saturated carbocycles. The van der Waals surface area contributed by atoms with Crippen molar-refractivity contribution in [3.8, 4) is 5.75 Å². The second kappa shape index (κ2) is 5.20. The number of nitrogens with two attached hydrogens (primary N) is 1.